The standard InChI is InChI=1S/C16H10Cl2N2O2S/c17-9-4-3-5-10(8-9)19-15(21)13(18)14-16(22)20-11-6-1-2-7-12(11)23-14/h1-8H,(H,19,21)(H,20,22)/b14-13-. The highest BCUT2D eigenvalue weighted by Gasteiger charge is 2.26. The maximum absolute atomic E-state index is 12.2. The fraction of sp³-hybridized carbons (Fsp3) is 0. The van der Waals surface area contributed by atoms with Gasteiger partial charge in [-0.05, 0) is 30.3 Å². The summed E-state index contributed by atoms with van der Waals surface area (Å²) < 4.78 is 0. The van der Waals surface area contributed by atoms with Gasteiger partial charge in [0.25, 0.3) is 11.8 Å². The summed E-state index contributed by atoms with van der Waals surface area (Å²) >= 11 is 13.1. The number of anilines is 2. The minimum atomic E-state index is -0.564. The molecule has 2 aromatic carbocycles. The van der Waals surface area contributed by atoms with Crippen molar-refractivity contribution >= 4 is 58.2 Å². The zero-order valence-electron chi connectivity index (χ0n) is 11.6. The monoisotopic (exact) mass is 364 g/mol. The van der Waals surface area contributed by atoms with E-state index >= 15 is 0 Å². The van der Waals surface area contributed by atoms with Crippen LogP contribution in [0.5, 0.6) is 0 Å². The lowest BCUT2D eigenvalue weighted by Gasteiger charge is -2.19. The number of hydrogen-bond donors (Lipinski definition) is 2. The van der Waals surface area contributed by atoms with Gasteiger partial charge in [-0.25, -0.2) is 0 Å². The Morgan fingerprint density at radius 1 is 1.13 bits per heavy atom. The van der Waals surface area contributed by atoms with E-state index in [-0.39, 0.29) is 9.94 Å². The molecule has 2 aromatic rings. The third-order valence-corrected chi connectivity index (χ3v) is 4.91. The smallest absolute Gasteiger partial charge is 0.268 e. The summed E-state index contributed by atoms with van der Waals surface area (Å²) in [6.07, 6.45) is 0. The lowest BCUT2D eigenvalue weighted by molar-refractivity contribution is -0.114. The van der Waals surface area contributed by atoms with Gasteiger partial charge in [-0.2, -0.15) is 0 Å². The predicted octanol–water partition coefficient (Wildman–Crippen LogP) is 4.47. The van der Waals surface area contributed by atoms with E-state index in [9.17, 15) is 9.59 Å². The van der Waals surface area contributed by atoms with E-state index in [0.29, 0.717) is 16.4 Å². The van der Waals surface area contributed by atoms with Crippen LogP contribution in [0.1, 0.15) is 0 Å². The number of carbonyl (C=O) groups is 2. The molecule has 1 heterocycles. The van der Waals surface area contributed by atoms with Crippen molar-refractivity contribution in [2.75, 3.05) is 10.6 Å². The molecule has 0 radical (unpaired) electrons. The van der Waals surface area contributed by atoms with Crippen molar-refractivity contribution in [3.8, 4) is 0 Å². The van der Waals surface area contributed by atoms with Crippen LogP contribution in [-0.4, -0.2) is 11.8 Å². The normalized spacial score (nSPS) is 15.5. The lowest BCUT2D eigenvalue weighted by atomic mass is 10.3. The second-order valence-electron chi connectivity index (χ2n) is 4.66. The molecule has 0 atom stereocenters. The molecular formula is C16H10Cl2N2O2S. The van der Waals surface area contributed by atoms with Crippen molar-refractivity contribution in [1.29, 1.82) is 0 Å². The first-order valence-corrected chi connectivity index (χ1v) is 8.17. The Hall–Kier alpha value is -1.95. The van der Waals surface area contributed by atoms with E-state index in [1.165, 1.54) is 0 Å². The fourth-order valence-electron chi connectivity index (χ4n) is 1.99. The average Bonchev–Trinajstić information content (AvgIpc) is 2.53. The van der Waals surface area contributed by atoms with Crippen molar-refractivity contribution in [2.24, 2.45) is 0 Å². The summed E-state index contributed by atoms with van der Waals surface area (Å²) in [5.41, 5.74) is 1.20. The second kappa shape index (κ2) is 6.66. The highest BCUT2D eigenvalue weighted by atomic mass is 35.5. The lowest BCUT2D eigenvalue weighted by Crippen LogP contribution is -2.21. The van der Waals surface area contributed by atoms with Crippen LogP contribution >= 0.6 is 35.0 Å². The van der Waals surface area contributed by atoms with E-state index in [4.69, 9.17) is 23.2 Å². The molecule has 0 bridgehead atoms. The van der Waals surface area contributed by atoms with Crippen LogP contribution < -0.4 is 10.6 Å². The number of carbonyl (C=O) groups excluding carboxylic acids is 2. The number of thioether (sulfide) groups is 1. The fourth-order valence-corrected chi connectivity index (χ4v) is 3.35. The average molecular weight is 365 g/mol. The van der Waals surface area contributed by atoms with Gasteiger partial charge in [-0.15, -0.1) is 0 Å². The molecule has 1 aliphatic rings. The zero-order chi connectivity index (χ0) is 16.4. The quantitative estimate of drug-likeness (QED) is 0.772. The van der Waals surface area contributed by atoms with Gasteiger partial charge in [-0.1, -0.05) is 53.2 Å². The maximum atomic E-state index is 12.2. The van der Waals surface area contributed by atoms with Gasteiger partial charge in [0.2, 0.25) is 0 Å². The Balaban J connectivity index is 1.86. The highest BCUT2D eigenvalue weighted by molar-refractivity contribution is 8.04. The molecule has 7 heteroatoms. The first-order valence-electron chi connectivity index (χ1n) is 6.59. The van der Waals surface area contributed by atoms with E-state index in [1.807, 2.05) is 18.2 Å². The molecule has 3 rings (SSSR count). The number of benzene rings is 2. The number of para-hydroxylation sites is 1. The van der Waals surface area contributed by atoms with E-state index in [0.717, 1.165) is 16.7 Å². The Kier molecular flexibility index (Phi) is 4.61. The summed E-state index contributed by atoms with van der Waals surface area (Å²) in [7, 11) is 0. The summed E-state index contributed by atoms with van der Waals surface area (Å²) in [5.74, 6) is -0.967. The van der Waals surface area contributed by atoms with Crippen LogP contribution in [0, 0.1) is 0 Å². The van der Waals surface area contributed by atoms with Crippen molar-refractivity contribution in [3.05, 3.63) is 63.5 Å². The van der Waals surface area contributed by atoms with Crippen LogP contribution in [0.25, 0.3) is 0 Å². The van der Waals surface area contributed by atoms with Crippen LogP contribution in [0.2, 0.25) is 5.02 Å². The zero-order valence-corrected chi connectivity index (χ0v) is 13.9. The number of hydrogen-bond acceptors (Lipinski definition) is 3. The third-order valence-electron chi connectivity index (χ3n) is 3.03. The molecule has 0 unspecified atom stereocenters. The molecule has 0 aliphatic carbocycles. The SMILES string of the molecule is O=C(Nc1cccc(Cl)c1)/C(Cl)=C1/Sc2ccccc2NC1=O. The molecule has 4 nitrogen and oxygen atoms in total. The first kappa shape index (κ1) is 15.9. The largest absolute Gasteiger partial charge is 0.321 e. The molecular weight excluding hydrogens is 355 g/mol. The van der Waals surface area contributed by atoms with E-state index in [1.54, 1.807) is 30.3 Å². The Morgan fingerprint density at radius 2 is 1.91 bits per heavy atom. The highest BCUT2D eigenvalue weighted by Crippen LogP contribution is 2.40. The van der Waals surface area contributed by atoms with Gasteiger partial charge in [-0.3, -0.25) is 9.59 Å². The maximum Gasteiger partial charge on any atom is 0.268 e. The van der Waals surface area contributed by atoms with Crippen molar-refractivity contribution in [3.63, 3.8) is 0 Å². The molecule has 0 aromatic heterocycles. The van der Waals surface area contributed by atoms with Gasteiger partial charge in [0.05, 0.1) is 5.69 Å². The molecule has 0 saturated heterocycles. The van der Waals surface area contributed by atoms with Gasteiger partial charge in [0.1, 0.15) is 9.94 Å². The molecule has 23 heavy (non-hydrogen) atoms. The third kappa shape index (κ3) is 3.52. The summed E-state index contributed by atoms with van der Waals surface area (Å²) in [6, 6.07) is 14.0. The van der Waals surface area contributed by atoms with Crippen LogP contribution in [0.4, 0.5) is 11.4 Å². The molecule has 0 saturated carbocycles. The van der Waals surface area contributed by atoms with Crippen LogP contribution in [0.15, 0.2) is 63.4 Å². The molecule has 1 aliphatic heterocycles. The molecule has 2 N–H and O–H groups in total. The van der Waals surface area contributed by atoms with Gasteiger partial charge in [0.15, 0.2) is 0 Å². The van der Waals surface area contributed by atoms with Crippen molar-refractivity contribution in [1.82, 2.24) is 0 Å². The summed E-state index contributed by atoms with van der Waals surface area (Å²) in [4.78, 5) is 25.4. The van der Waals surface area contributed by atoms with Crippen molar-refractivity contribution in [2.45, 2.75) is 4.90 Å². The first-order chi connectivity index (χ1) is 11.0. The second-order valence-corrected chi connectivity index (χ2v) is 6.53. The predicted molar refractivity (Wildman–Crippen MR) is 93.9 cm³/mol. The number of rotatable bonds is 2. The topological polar surface area (TPSA) is 58.2 Å². The van der Waals surface area contributed by atoms with Gasteiger partial charge in [0, 0.05) is 15.6 Å². The van der Waals surface area contributed by atoms with Gasteiger partial charge >= 0.3 is 0 Å². The van der Waals surface area contributed by atoms with E-state index in [2.05, 4.69) is 10.6 Å². The number of fused-ring (bicyclic) bond motifs is 1. The molecule has 0 fully saturated rings. The van der Waals surface area contributed by atoms with Crippen LogP contribution in [0.3, 0.4) is 0 Å². The molecule has 0 spiro atoms. The minimum Gasteiger partial charge on any atom is -0.321 e. The number of halogens is 2. The Morgan fingerprint density at radius 3 is 2.70 bits per heavy atom. The van der Waals surface area contributed by atoms with Crippen molar-refractivity contribution < 1.29 is 9.59 Å². The Bertz CT molecular complexity index is 836. The molecule has 116 valence electrons. The number of amides is 2. The Labute approximate surface area is 146 Å². The molecule has 2 amide bonds. The number of nitrogens with one attached hydrogen (secondary N) is 2. The van der Waals surface area contributed by atoms with Crippen LogP contribution in [-0.2, 0) is 9.59 Å². The summed E-state index contributed by atoms with van der Waals surface area (Å²) in [5, 5.41) is 5.66. The minimum absolute atomic E-state index is 0.157. The van der Waals surface area contributed by atoms with E-state index < -0.39 is 11.8 Å². The summed E-state index contributed by atoms with van der Waals surface area (Å²) in [6.45, 7) is 0. The van der Waals surface area contributed by atoms with Gasteiger partial charge < -0.3 is 10.6 Å².